The second-order valence-corrected chi connectivity index (χ2v) is 9.56. The van der Waals surface area contributed by atoms with Crippen LogP contribution in [0.4, 0.5) is 0 Å². The Morgan fingerprint density at radius 3 is 2.59 bits per heavy atom. The Balaban J connectivity index is 1.70. The molecule has 0 unspecified atom stereocenters. The highest BCUT2D eigenvalue weighted by molar-refractivity contribution is 9.12. The van der Waals surface area contributed by atoms with Crippen LogP contribution >= 0.6 is 15.9 Å². The molecule has 8 nitrogen and oxygen atoms in total. The predicted octanol–water partition coefficient (Wildman–Crippen LogP) is 2.60. The Hall–Kier alpha value is -3.72. The SMILES string of the molecule is Cn1c(=O)n2n(c1=O)[C@@H]1CC3=C(C(=O)C=C(Br)C3=O)[C@@H](c3c(O)ccc4ccccc34)C1=CC2. The molecule has 1 aliphatic heterocycles. The standard InChI is InChI=1S/C25H18BrN3O5/c1-27-24(33)28-9-8-14-17(29(28)25(27)34)10-15-21(19(31)11-16(26)23(15)32)22(14)20-13-5-3-2-4-12(13)6-7-18(20)30/h2-8,11,17,22,30H,9-10H2,1H3/t17-,22-/m1/s1. The second kappa shape index (κ2) is 7.14. The molecule has 0 amide bonds. The number of hydrogen-bond acceptors (Lipinski definition) is 5. The molecular weight excluding hydrogens is 502 g/mol. The third-order valence-corrected chi connectivity index (χ3v) is 7.61. The summed E-state index contributed by atoms with van der Waals surface area (Å²) in [6.45, 7) is 0.146. The van der Waals surface area contributed by atoms with Crippen molar-refractivity contribution in [1.29, 1.82) is 0 Å². The molecule has 2 heterocycles. The number of allylic oxidation sites excluding steroid dienone is 6. The number of aromatic nitrogens is 3. The van der Waals surface area contributed by atoms with Gasteiger partial charge in [-0.25, -0.2) is 23.5 Å². The van der Waals surface area contributed by atoms with Crippen molar-refractivity contribution in [2.24, 2.45) is 7.05 Å². The van der Waals surface area contributed by atoms with Gasteiger partial charge in [-0.3, -0.25) is 9.59 Å². The molecule has 0 bridgehead atoms. The molecule has 34 heavy (non-hydrogen) atoms. The van der Waals surface area contributed by atoms with E-state index in [9.17, 15) is 24.3 Å². The quantitative estimate of drug-likeness (QED) is 0.393. The molecule has 170 valence electrons. The number of carbonyl (C=O) groups is 2. The van der Waals surface area contributed by atoms with Crippen molar-refractivity contribution in [3.8, 4) is 5.75 Å². The van der Waals surface area contributed by atoms with E-state index in [0.29, 0.717) is 16.7 Å². The van der Waals surface area contributed by atoms with Crippen LogP contribution in [0.1, 0.15) is 23.9 Å². The van der Waals surface area contributed by atoms with E-state index in [2.05, 4.69) is 15.9 Å². The first-order chi connectivity index (χ1) is 16.3. The van der Waals surface area contributed by atoms with Crippen LogP contribution in [0.5, 0.6) is 5.75 Å². The summed E-state index contributed by atoms with van der Waals surface area (Å²) in [5, 5.41) is 12.7. The summed E-state index contributed by atoms with van der Waals surface area (Å²) in [5.74, 6) is -1.40. The molecule has 2 atom stereocenters. The van der Waals surface area contributed by atoms with Crippen LogP contribution in [-0.4, -0.2) is 30.6 Å². The normalized spacial score (nSPS) is 21.7. The van der Waals surface area contributed by atoms with E-state index < -0.39 is 23.3 Å². The summed E-state index contributed by atoms with van der Waals surface area (Å²) in [5.41, 5.74) is 0.878. The first-order valence-electron chi connectivity index (χ1n) is 10.8. The number of phenols is 1. The van der Waals surface area contributed by atoms with E-state index in [1.807, 2.05) is 30.3 Å². The number of hydrogen-bond donors (Lipinski definition) is 1. The third kappa shape index (κ3) is 2.64. The molecule has 3 aromatic rings. The van der Waals surface area contributed by atoms with Crippen LogP contribution in [0.3, 0.4) is 0 Å². The van der Waals surface area contributed by atoms with Gasteiger partial charge in [0.25, 0.3) is 0 Å². The highest BCUT2D eigenvalue weighted by Gasteiger charge is 2.45. The zero-order chi connectivity index (χ0) is 23.9. The van der Waals surface area contributed by atoms with Gasteiger partial charge in [0, 0.05) is 42.2 Å². The van der Waals surface area contributed by atoms with E-state index in [0.717, 1.165) is 15.3 Å². The number of Topliss-reactive ketones (excluding diaryl/α,β-unsaturated/α-hetero) is 1. The van der Waals surface area contributed by atoms with Gasteiger partial charge in [0.05, 0.1) is 17.1 Å². The molecule has 1 N–H and O–H groups in total. The number of benzene rings is 2. The summed E-state index contributed by atoms with van der Waals surface area (Å²) >= 11 is 3.20. The minimum Gasteiger partial charge on any atom is -0.508 e. The van der Waals surface area contributed by atoms with Gasteiger partial charge >= 0.3 is 11.4 Å². The zero-order valence-corrected chi connectivity index (χ0v) is 19.6. The molecule has 0 radical (unpaired) electrons. The molecule has 0 spiro atoms. The fourth-order valence-electron chi connectivity index (χ4n) is 5.51. The predicted molar refractivity (Wildman–Crippen MR) is 128 cm³/mol. The van der Waals surface area contributed by atoms with Crippen molar-refractivity contribution in [1.82, 2.24) is 13.9 Å². The fraction of sp³-hybridized carbons (Fsp3) is 0.200. The zero-order valence-electron chi connectivity index (χ0n) is 18.0. The molecule has 9 heteroatoms. The smallest absolute Gasteiger partial charge is 0.347 e. The van der Waals surface area contributed by atoms with Crippen LogP contribution < -0.4 is 11.4 Å². The van der Waals surface area contributed by atoms with Gasteiger partial charge in [0.1, 0.15) is 5.75 Å². The monoisotopic (exact) mass is 519 g/mol. The molecule has 6 rings (SSSR count). The molecule has 1 aromatic heterocycles. The highest BCUT2D eigenvalue weighted by Crippen LogP contribution is 2.52. The van der Waals surface area contributed by atoms with Crippen LogP contribution in [0, 0.1) is 0 Å². The number of carbonyl (C=O) groups excluding carboxylic acids is 2. The summed E-state index contributed by atoms with van der Waals surface area (Å²) in [7, 11) is 1.42. The summed E-state index contributed by atoms with van der Waals surface area (Å²) in [6.07, 6.45) is 3.21. The molecular formula is C25H18BrN3O5. The average molecular weight is 520 g/mol. The first kappa shape index (κ1) is 20.9. The molecule has 0 saturated heterocycles. The van der Waals surface area contributed by atoms with Gasteiger partial charge in [-0.15, -0.1) is 0 Å². The van der Waals surface area contributed by atoms with Gasteiger partial charge in [-0.1, -0.05) is 36.4 Å². The van der Waals surface area contributed by atoms with E-state index in [1.54, 1.807) is 12.1 Å². The number of halogens is 1. The number of nitrogens with zero attached hydrogens (tertiary/aromatic N) is 3. The van der Waals surface area contributed by atoms with E-state index in [-0.39, 0.29) is 40.3 Å². The molecule has 2 aliphatic carbocycles. The number of ketones is 2. The van der Waals surface area contributed by atoms with E-state index in [1.165, 1.54) is 22.5 Å². The first-order valence-corrected chi connectivity index (χ1v) is 11.6. The van der Waals surface area contributed by atoms with Crippen molar-refractivity contribution < 1.29 is 14.7 Å². The lowest BCUT2D eigenvalue weighted by atomic mass is 9.68. The van der Waals surface area contributed by atoms with E-state index in [4.69, 9.17) is 0 Å². The average Bonchev–Trinajstić information content (AvgIpc) is 3.05. The number of phenolic OH excluding ortho intramolecular Hbond substituents is 1. The number of aromatic hydroxyl groups is 1. The highest BCUT2D eigenvalue weighted by atomic mass is 79.9. The minimum absolute atomic E-state index is 0.00524. The summed E-state index contributed by atoms with van der Waals surface area (Å²) in [4.78, 5) is 52.2. The van der Waals surface area contributed by atoms with Crippen molar-refractivity contribution in [3.05, 3.63) is 96.3 Å². The third-order valence-electron chi connectivity index (χ3n) is 7.03. The number of rotatable bonds is 1. The Kier molecular flexibility index (Phi) is 4.38. The second-order valence-electron chi connectivity index (χ2n) is 8.71. The Morgan fingerprint density at radius 1 is 1.03 bits per heavy atom. The molecule has 0 fully saturated rings. The molecule has 0 saturated carbocycles. The maximum absolute atomic E-state index is 13.3. The van der Waals surface area contributed by atoms with Gasteiger partial charge in [0.2, 0.25) is 0 Å². The van der Waals surface area contributed by atoms with Gasteiger partial charge in [-0.05, 0) is 38.3 Å². The van der Waals surface area contributed by atoms with Crippen molar-refractivity contribution >= 4 is 38.3 Å². The summed E-state index contributed by atoms with van der Waals surface area (Å²) in [6, 6.07) is 10.2. The lowest BCUT2D eigenvalue weighted by Gasteiger charge is -2.39. The van der Waals surface area contributed by atoms with Crippen LogP contribution in [0.25, 0.3) is 10.8 Å². The van der Waals surface area contributed by atoms with Gasteiger partial charge in [-0.2, -0.15) is 0 Å². The summed E-state index contributed by atoms with van der Waals surface area (Å²) < 4.78 is 3.91. The van der Waals surface area contributed by atoms with Crippen molar-refractivity contribution in [2.75, 3.05) is 0 Å². The Bertz CT molecular complexity index is 1680. The van der Waals surface area contributed by atoms with Crippen LogP contribution in [0.15, 0.2) is 79.3 Å². The lowest BCUT2D eigenvalue weighted by molar-refractivity contribution is -0.115. The Morgan fingerprint density at radius 2 is 1.79 bits per heavy atom. The Labute approximate surface area is 200 Å². The van der Waals surface area contributed by atoms with Crippen LogP contribution in [0.2, 0.25) is 0 Å². The topological polar surface area (TPSA) is 103 Å². The largest absolute Gasteiger partial charge is 0.508 e. The lowest BCUT2D eigenvalue weighted by Crippen LogP contribution is -2.40. The van der Waals surface area contributed by atoms with Gasteiger partial charge in [0.15, 0.2) is 11.6 Å². The maximum Gasteiger partial charge on any atom is 0.347 e. The maximum atomic E-state index is 13.3. The molecule has 2 aromatic carbocycles. The van der Waals surface area contributed by atoms with Crippen molar-refractivity contribution in [2.45, 2.75) is 24.9 Å². The van der Waals surface area contributed by atoms with Crippen LogP contribution in [-0.2, 0) is 23.2 Å². The number of fused-ring (bicyclic) bond motifs is 4. The molecule has 3 aliphatic rings. The van der Waals surface area contributed by atoms with Gasteiger partial charge < -0.3 is 5.11 Å². The minimum atomic E-state index is -0.746. The van der Waals surface area contributed by atoms with E-state index >= 15 is 0 Å². The fourth-order valence-corrected chi connectivity index (χ4v) is 5.95. The van der Waals surface area contributed by atoms with Crippen molar-refractivity contribution in [3.63, 3.8) is 0 Å².